The zero-order chi connectivity index (χ0) is 20.8. The molecule has 0 N–H and O–H groups in total. The summed E-state index contributed by atoms with van der Waals surface area (Å²) < 4.78 is 27.0. The molecule has 2 aromatic carbocycles. The van der Waals surface area contributed by atoms with Crippen LogP contribution in [0, 0.1) is 0 Å². The van der Waals surface area contributed by atoms with Gasteiger partial charge in [0.25, 0.3) is 0 Å². The molecule has 6 heteroatoms. The molecule has 0 radical (unpaired) electrons. The summed E-state index contributed by atoms with van der Waals surface area (Å²) in [6, 6.07) is 11.9. The lowest BCUT2D eigenvalue weighted by atomic mass is 10.0. The first-order chi connectivity index (χ1) is 14.1. The summed E-state index contributed by atoms with van der Waals surface area (Å²) in [5.74, 6) is 2.85. The van der Waals surface area contributed by atoms with E-state index in [2.05, 4.69) is 30.4 Å². The van der Waals surface area contributed by atoms with Gasteiger partial charge in [-0.15, -0.1) is 0 Å². The summed E-state index contributed by atoms with van der Waals surface area (Å²) in [5.41, 5.74) is 2.97. The van der Waals surface area contributed by atoms with E-state index >= 15 is 0 Å². The molecule has 3 aromatic rings. The van der Waals surface area contributed by atoms with E-state index in [9.17, 15) is 0 Å². The van der Waals surface area contributed by atoms with Crippen LogP contribution in [0.5, 0.6) is 23.0 Å². The van der Waals surface area contributed by atoms with Crippen molar-refractivity contribution in [1.29, 1.82) is 0 Å². The highest BCUT2D eigenvalue weighted by Crippen LogP contribution is 2.46. The molecular formula is C23H27NO4S. The Labute approximate surface area is 176 Å². The Kier molecular flexibility index (Phi) is 6.99. The van der Waals surface area contributed by atoms with Gasteiger partial charge < -0.3 is 18.9 Å². The van der Waals surface area contributed by atoms with Crippen molar-refractivity contribution < 1.29 is 18.9 Å². The lowest BCUT2D eigenvalue weighted by molar-refractivity contribution is 0.210. The molecule has 5 nitrogen and oxygen atoms in total. The number of aromatic nitrogens is 1. The van der Waals surface area contributed by atoms with E-state index in [1.165, 1.54) is 11.5 Å². The van der Waals surface area contributed by atoms with E-state index in [1.54, 1.807) is 21.3 Å². The summed E-state index contributed by atoms with van der Waals surface area (Å²) in [6.45, 7) is 4.26. The average Bonchev–Trinajstić information content (AvgIpc) is 3.23. The van der Waals surface area contributed by atoms with E-state index in [1.807, 2.05) is 30.5 Å². The quantitative estimate of drug-likeness (QED) is 0.426. The number of hydrogen-bond donors (Lipinski definition) is 0. The molecule has 0 bridgehead atoms. The molecule has 0 aliphatic heterocycles. The summed E-state index contributed by atoms with van der Waals surface area (Å²) in [4.78, 5) is 0.993. The van der Waals surface area contributed by atoms with E-state index in [0.29, 0.717) is 17.2 Å². The van der Waals surface area contributed by atoms with Gasteiger partial charge in [0.05, 0.1) is 32.3 Å². The third-order valence-electron chi connectivity index (χ3n) is 4.70. The van der Waals surface area contributed by atoms with Crippen LogP contribution in [0.4, 0.5) is 0 Å². The lowest BCUT2D eigenvalue weighted by Gasteiger charge is -2.15. The van der Waals surface area contributed by atoms with E-state index < -0.39 is 0 Å². The van der Waals surface area contributed by atoms with Gasteiger partial charge in [-0.3, -0.25) is 0 Å². The van der Waals surface area contributed by atoms with Crippen LogP contribution in [0.15, 0.2) is 42.6 Å². The maximum atomic E-state index is 5.97. The molecule has 29 heavy (non-hydrogen) atoms. The van der Waals surface area contributed by atoms with Gasteiger partial charge >= 0.3 is 0 Å². The summed E-state index contributed by atoms with van der Waals surface area (Å²) in [6.07, 6.45) is 4.23. The fourth-order valence-electron chi connectivity index (χ4n) is 3.28. The van der Waals surface area contributed by atoms with Gasteiger partial charge in [-0.05, 0) is 48.6 Å². The zero-order valence-corrected chi connectivity index (χ0v) is 18.3. The van der Waals surface area contributed by atoms with Crippen LogP contribution in [0.2, 0.25) is 0 Å². The second kappa shape index (κ2) is 9.65. The fraction of sp³-hybridized carbons (Fsp3) is 0.348. The third kappa shape index (κ3) is 4.65. The summed E-state index contributed by atoms with van der Waals surface area (Å²) in [5, 5.41) is 0. The van der Waals surface area contributed by atoms with Gasteiger partial charge in [0.15, 0.2) is 11.5 Å². The second-order valence-electron chi connectivity index (χ2n) is 6.72. The maximum absolute atomic E-state index is 5.97. The Balaban J connectivity index is 1.98. The molecule has 0 unspecified atom stereocenters. The van der Waals surface area contributed by atoms with Crippen LogP contribution in [0.3, 0.4) is 0 Å². The van der Waals surface area contributed by atoms with E-state index in [4.69, 9.17) is 18.9 Å². The number of hydrogen-bond acceptors (Lipinski definition) is 6. The highest BCUT2D eigenvalue weighted by Gasteiger charge is 2.20. The van der Waals surface area contributed by atoms with Crippen LogP contribution in [0.25, 0.3) is 21.6 Å². The number of ether oxygens (including phenoxy) is 4. The standard InChI is InChI=1S/C23H27NO4S/c1-6-7-15(2)28-17-10-8-16(9-11-17)20-14-24-29-23(20)19-12-18(25-3)13-21(26-4)22(19)27-5/h8-15H,6-7H2,1-5H3/t15-/m1/s1. The van der Waals surface area contributed by atoms with E-state index in [-0.39, 0.29) is 6.10 Å². The maximum Gasteiger partial charge on any atom is 0.169 e. The summed E-state index contributed by atoms with van der Waals surface area (Å²) in [7, 11) is 4.89. The van der Waals surface area contributed by atoms with Crippen LogP contribution >= 0.6 is 11.5 Å². The number of rotatable bonds is 9. The van der Waals surface area contributed by atoms with Crippen LogP contribution < -0.4 is 18.9 Å². The number of methoxy groups -OCH3 is 3. The van der Waals surface area contributed by atoms with Gasteiger partial charge in [-0.25, -0.2) is 0 Å². The molecule has 0 spiro atoms. The Morgan fingerprint density at radius 1 is 0.931 bits per heavy atom. The topological polar surface area (TPSA) is 49.8 Å². The molecule has 0 amide bonds. The van der Waals surface area contributed by atoms with E-state index in [0.717, 1.165) is 40.2 Å². The average molecular weight is 414 g/mol. The van der Waals surface area contributed by atoms with Crippen molar-refractivity contribution in [3.05, 3.63) is 42.6 Å². The first kappa shape index (κ1) is 21.0. The van der Waals surface area contributed by atoms with Crippen LogP contribution in [0.1, 0.15) is 26.7 Å². The summed E-state index contributed by atoms with van der Waals surface area (Å²) >= 11 is 1.41. The largest absolute Gasteiger partial charge is 0.497 e. The van der Waals surface area contributed by atoms with Gasteiger partial charge in [-0.1, -0.05) is 25.5 Å². The van der Waals surface area contributed by atoms with Gasteiger partial charge in [0, 0.05) is 23.4 Å². The van der Waals surface area contributed by atoms with Crippen molar-refractivity contribution >= 4 is 11.5 Å². The SMILES string of the molecule is CCC[C@@H](C)Oc1ccc(-c2cnsc2-c2cc(OC)cc(OC)c2OC)cc1. The molecule has 0 saturated heterocycles. The molecule has 0 fully saturated rings. The minimum atomic E-state index is 0.206. The monoisotopic (exact) mass is 413 g/mol. The number of nitrogens with zero attached hydrogens (tertiary/aromatic N) is 1. The third-order valence-corrected chi connectivity index (χ3v) is 5.53. The highest BCUT2D eigenvalue weighted by atomic mass is 32.1. The van der Waals surface area contributed by atoms with Crippen molar-refractivity contribution in [3.63, 3.8) is 0 Å². The predicted molar refractivity (Wildman–Crippen MR) is 118 cm³/mol. The van der Waals surface area contributed by atoms with Crippen molar-refractivity contribution in [2.24, 2.45) is 0 Å². The van der Waals surface area contributed by atoms with Gasteiger partial charge in [0.1, 0.15) is 11.5 Å². The van der Waals surface area contributed by atoms with Crippen LogP contribution in [-0.2, 0) is 0 Å². The normalized spacial score (nSPS) is 11.8. The predicted octanol–water partition coefficient (Wildman–Crippen LogP) is 6.07. The molecule has 1 heterocycles. The molecule has 1 aromatic heterocycles. The van der Waals surface area contributed by atoms with Crippen molar-refractivity contribution in [3.8, 4) is 44.6 Å². The van der Waals surface area contributed by atoms with Crippen LogP contribution in [-0.4, -0.2) is 31.8 Å². The zero-order valence-electron chi connectivity index (χ0n) is 17.5. The minimum absolute atomic E-state index is 0.206. The Morgan fingerprint density at radius 3 is 2.31 bits per heavy atom. The second-order valence-corrected chi connectivity index (χ2v) is 7.52. The molecular weight excluding hydrogens is 386 g/mol. The van der Waals surface area contributed by atoms with Crippen molar-refractivity contribution in [2.75, 3.05) is 21.3 Å². The molecule has 0 saturated carbocycles. The fourth-order valence-corrected chi connectivity index (χ4v) is 4.06. The van der Waals surface area contributed by atoms with Crippen molar-refractivity contribution in [1.82, 2.24) is 4.37 Å². The Morgan fingerprint density at radius 2 is 1.69 bits per heavy atom. The minimum Gasteiger partial charge on any atom is -0.497 e. The van der Waals surface area contributed by atoms with Gasteiger partial charge in [-0.2, -0.15) is 4.37 Å². The molecule has 154 valence electrons. The Hall–Kier alpha value is -2.73. The molecule has 0 aliphatic rings. The molecule has 3 rings (SSSR count). The molecule has 0 aliphatic carbocycles. The first-order valence-corrected chi connectivity index (χ1v) is 10.4. The number of benzene rings is 2. The molecule has 1 atom stereocenters. The lowest BCUT2D eigenvalue weighted by Crippen LogP contribution is -2.10. The highest BCUT2D eigenvalue weighted by molar-refractivity contribution is 7.10. The van der Waals surface area contributed by atoms with Gasteiger partial charge in [0.2, 0.25) is 0 Å². The smallest absolute Gasteiger partial charge is 0.169 e. The Bertz CT molecular complexity index is 937. The van der Waals surface area contributed by atoms with Crippen molar-refractivity contribution in [2.45, 2.75) is 32.8 Å². The first-order valence-electron chi connectivity index (χ1n) is 9.63.